The fraction of sp³-hybridized carbons (Fsp3) is 0.227. The molecule has 0 N–H and O–H groups in total. The molecule has 120 valence electrons. The molecule has 0 spiro atoms. The molecule has 1 saturated carbocycles. The van der Waals surface area contributed by atoms with E-state index in [1.54, 1.807) is 0 Å². The summed E-state index contributed by atoms with van der Waals surface area (Å²) in [5.41, 5.74) is 0.555. The van der Waals surface area contributed by atoms with E-state index in [0.717, 1.165) is 24.0 Å². The van der Waals surface area contributed by atoms with E-state index >= 15 is 4.39 Å². The Kier molecular flexibility index (Phi) is 3.49. The van der Waals surface area contributed by atoms with Crippen LogP contribution in [0.1, 0.15) is 30.4 Å². The van der Waals surface area contributed by atoms with Crippen molar-refractivity contribution in [3.05, 3.63) is 95.6 Å². The summed E-state index contributed by atoms with van der Waals surface area (Å²) in [4.78, 5) is 12.1. The summed E-state index contributed by atoms with van der Waals surface area (Å²) in [5.74, 6) is -0.128. The highest BCUT2D eigenvalue weighted by molar-refractivity contribution is 6.02. The minimum absolute atomic E-state index is 0.128. The van der Waals surface area contributed by atoms with Crippen LogP contribution >= 0.6 is 0 Å². The highest BCUT2D eigenvalue weighted by Gasteiger charge is 2.51. The zero-order valence-electron chi connectivity index (χ0n) is 13.4. The number of halogens is 1. The van der Waals surface area contributed by atoms with Crippen molar-refractivity contribution in [1.82, 2.24) is 0 Å². The Bertz CT molecular complexity index is 780. The Morgan fingerprint density at radius 1 is 0.833 bits per heavy atom. The summed E-state index contributed by atoms with van der Waals surface area (Å²) in [7, 11) is 0. The first-order valence-electron chi connectivity index (χ1n) is 8.41. The molecule has 1 fully saturated rings. The average molecular weight is 318 g/mol. The van der Waals surface area contributed by atoms with Crippen LogP contribution in [-0.2, 0) is 10.2 Å². The van der Waals surface area contributed by atoms with Crippen molar-refractivity contribution >= 4 is 5.78 Å². The summed E-state index contributed by atoms with van der Waals surface area (Å²) in [5, 5.41) is 0. The van der Waals surface area contributed by atoms with Crippen LogP contribution in [-0.4, -0.2) is 11.5 Å². The van der Waals surface area contributed by atoms with Gasteiger partial charge >= 0.3 is 0 Å². The van der Waals surface area contributed by atoms with Crippen LogP contribution in [0.2, 0.25) is 0 Å². The Balaban J connectivity index is 2.02. The van der Waals surface area contributed by atoms with Gasteiger partial charge in [-0.3, -0.25) is 4.79 Å². The Morgan fingerprint density at radius 2 is 1.42 bits per heavy atom. The lowest BCUT2D eigenvalue weighted by molar-refractivity contribution is -0.110. The summed E-state index contributed by atoms with van der Waals surface area (Å²) >= 11 is 0. The molecule has 0 radical (unpaired) electrons. The maximum atomic E-state index is 15.7. The fourth-order valence-electron chi connectivity index (χ4n) is 4.27. The fourth-order valence-corrected chi connectivity index (χ4v) is 4.27. The number of carbonyl (C=O) groups excluding carboxylic acids is 1. The molecule has 0 saturated heterocycles. The first kappa shape index (κ1) is 15.1. The van der Waals surface area contributed by atoms with Crippen LogP contribution in [0, 0.1) is 0 Å². The van der Waals surface area contributed by atoms with Crippen molar-refractivity contribution in [1.29, 1.82) is 0 Å². The number of fused-ring (bicyclic) bond motifs is 1. The van der Waals surface area contributed by atoms with Gasteiger partial charge in [-0.05, 0) is 54.2 Å². The van der Waals surface area contributed by atoms with Crippen molar-refractivity contribution in [2.45, 2.75) is 30.3 Å². The summed E-state index contributed by atoms with van der Waals surface area (Å²) < 4.78 is 15.7. The van der Waals surface area contributed by atoms with Gasteiger partial charge in [0.1, 0.15) is 0 Å². The predicted molar refractivity (Wildman–Crippen MR) is 93.6 cm³/mol. The molecule has 1 atom stereocenters. The average Bonchev–Trinajstić information content (AvgIpc) is 2.63. The second-order valence-electron chi connectivity index (χ2n) is 6.65. The molecule has 2 aromatic rings. The molecule has 0 heterocycles. The highest BCUT2D eigenvalue weighted by Crippen LogP contribution is 2.54. The Hall–Kier alpha value is -2.48. The predicted octanol–water partition coefficient (Wildman–Crippen LogP) is 4.93. The number of carbonyl (C=O) groups is 1. The van der Waals surface area contributed by atoms with Crippen LogP contribution < -0.4 is 0 Å². The van der Waals surface area contributed by atoms with Gasteiger partial charge < -0.3 is 0 Å². The summed E-state index contributed by atoms with van der Waals surface area (Å²) in [6, 6.07) is 20.0. The largest absolute Gasteiger partial charge is 0.290 e. The Labute approximate surface area is 141 Å². The van der Waals surface area contributed by atoms with Crippen LogP contribution in [0.5, 0.6) is 0 Å². The third-order valence-corrected chi connectivity index (χ3v) is 5.33. The standard InChI is InChI=1S/C22H19FO/c23-21-13-7-14-22(17-8-3-1-4-9-17,18-10-5-2-6-11-18)20(21)16-19(24)12-15-21/h1-6,8-12,15-16H,7,13-14H2. The van der Waals surface area contributed by atoms with Gasteiger partial charge in [-0.2, -0.15) is 0 Å². The van der Waals surface area contributed by atoms with Gasteiger partial charge in [0.25, 0.3) is 0 Å². The number of hydrogen-bond acceptors (Lipinski definition) is 1. The number of ketones is 1. The van der Waals surface area contributed by atoms with Crippen molar-refractivity contribution in [3.63, 3.8) is 0 Å². The third kappa shape index (κ3) is 2.17. The first-order valence-corrected chi connectivity index (χ1v) is 8.41. The minimum Gasteiger partial charge on any atom is -0.290 e. The van der Waals surface area contributed by atoms with Gasteiger partial charge in [-0.1, -0.05) is 60.7 Å². The molecule has 0 aliphatic heterocycles. The molecule has 0 bridgehead atoms. The van der Waals surface area contributed by atoms with E-state index < -0.39 is 11.1 Å². The van der Waals surface area contributed by atoms with Gasteiger partial charge in [0.05, 0.1) is 0 Å². The maximum absolute atomic E-state index is 15.7. The van der Waals surface area contributed by atoms with Crippen LogP contribution in [0.15, 0.2) is 84.5 Å². The van der Waals surface area contributed by atoms with Crippen molar-refractivity contribution < 1.29 is 9.18 Å². The van der Waals surface area contributed by atoms with E-state index in [1.165, 1.54) is 18.2 Å². The molecule has 2 aromatic carbocycles. The quantitative estimate of drug-likeness (QED) is 0.767. The van der Waals surface area contributed by atoms with Crippen LogP contribution in [0.3, 0.4) is 0 Å². The van der Waals surface area contributed by atoms with E-state index in [4.69, 9.17) is 0 Å². The lowest BCUT2D eigenvalue weighted by Crippen LogP contribution is -2.45. The number of alkyl halides is 1. The molecule has 0 amide bonds. The first-order chi connectivity index (χ1) is 11.7. The van der Waals surface area contributed by atoms with Crippen molar-refractivity contribution in [2.24, 2.45) is 0 Å². The number of allylic oxidation sites excluding steroid dienone is 4. The number of benzene rings is 2. The summed E-state index contributed by atoms with van der Waals surface area (Å²) in [6.07, 6.45) is 6.37. The topological polar surface area (TPSA) is 17.1 Å². The third-order valence-electron chi connectivity index (χ3n) is 5.33. The highest BCUT2D eigenvalue weighted by atomic mass is 19.1. The minimum atomic E-state index is -1.54. The lowest BCUT2D eigenvalue weighted by atomic mass is 9.57. The zero-order valence-corrected chi connectivity index (χ0v) is 13.4. The van der Waals surface area contributed by atoms with Gasteiger partial charge in [-0.15, -0.1) is 0 Å². The van der Waals surface area contributed by atoms with E-state index in [2.05, 4.69) is 0 Å². The maximum Gasteiger partial charge on any atom is 0.178 e. The molecule has 0 aromatic heterocycles. The number of hydrogen-bond donors (Lipinski definition) is 0. The van der Waals surface area contributed by atoms with E-state index in [1.807, 2.05) is 60.7 Å². The van der Waals surface area contributed by atoms with Crippen LogP contribution in [0.4, 0.5) is 4.39 Å². The SMILES string of the molecule is O=C1C=CC2(F)CCCC(c3ccccc3)(c3ccccc3)C2=C1. The van der Waals surface area contributed by atoms with E-state index in [9.17, 15) is 4.79 Å². The van der Waals surface area contributed by atoms with Gasteiger partial charge in [0.2, 0.25) is 0 Å². The second-order valence-corrected chi connectivity index (χ2v) is 6.65. The normalized spacial score (nSPS) is 25.0. The molecule has 24 heavy (non-hydrogen) atoms. The monoisotopic (exact) mass is 318 g/mol. The van der Waals surface area contributed by atoms with E-state index in [-0.39, 0.29) is 5.78 Å². The van der Waals surface area contributed by atoms with E-state index in [0.29, 0.717) is 12.0 Å². The molecule has 1 unspecified atom stereocenters. The van der Waals surface area contributed by atoms with Crippen molar-refractivity contribution in [2.75, 3.05) is 0 Å². The smallest absolute Gasteiger partial charge is 0.178 e. The second kappa shape index (κ2) is 5.55. The molecular formula is C22H19FO. The van der Waals surface area contributed by atoms with Crippen molar-refractivity contribution in [3.8, 4) is 0 Å². The lowest BCUT2D eigenvalue weighted by Gasteiger charge is -2.47. The zero-order chi connectivity index (χ0) is 16.6. The van der Waals surface area contributed by atoms with Gasteiger partial charge in [-0.25, -0.2) is 4.39 Å². The summed E-state index contributed by atoms with van der Waals surface area (Å²) in [6.45, 7) is 0. The number of rotatable bonds is 2. The molecule has 1 nitrogen and oxygen atoms in total. The van der Waals surface area contributed by atoms with Gasteiger partial charge in [0.15, 0.2) is 11.5 Å². The molecule has 2 heteroatoms. The van der Waals surface area contributed by atoms with Gasteiger partial charge in [0, 0.05) is 5.41 Å². The molecule has 4 rings (SSSR count). The molecule has 2 aliphatic carbocycles. The Morgan fingerprint density at radius 3 is 2.00 bits per heavy atom. The molecule has 2 aliphatic rings. The molecular weight excluding hydrogens is 299 g/mol. The van der Waals surface area contributed by atoms with Crippen LogP contribution in [0.25, 0.3) is 0 Å².